The molecule has 0 spiro atoms. The monoisotopic (exact) mass is 186 g/mol. The minimum atomic E-state index is 0.519. The number of benzene rings is 1. The van der Waals surface area contributed by atoms with Gasteiger partial charge in [0.2, 0.25) is 0 Å². The van der Waals surface area contributed by atoms with E-state index in [4.69, 9.17) is 23.2 Å². The Morgan fingerprint density at radius 3 is 2.64 bits per heavy atom. The van der Waals surface area contributed by atoms with Gasteiger partial charge in [-0.2, -0.15) is 0 Å². The third-order valence-corrected chi connectivity index (χ3v) is 1.81. The van der Waals surface area contributed by atoms with Crippen LogP contribution in [-0.4, -0.2) is 5.88 Å². The second kappa shape index (κ2) is 4.42. The van der Waals surface area contributed by atoms with Crippen LogP contribution in [-0.2, 0) is 0 Å². The largest absolute Gasteiger partial charge is 0.122 e. The zero-order chi connectivity index (χ0) is 8.10. The molecule has 0 radical (unpaired) electrons. The molecule has 0 fully saturated rings. The van der Waals surface area contributed by atoms with Gasteiger partial charge in [0, 0.05) is 10.9 Å². The first-order valence-electron chi connectivity index (χ1n) is 3.31. The minimum Gasteiger partial charge on any atom is -0.122 e. The fourth-order valence-corrected chi connectivity index (χ4v) is 1.07. The third kappa shape index (κ3) is 2.57. The molecule has 0 heterocycles. The molecule has 1 rings (SSSR count). The normalized spacial score (nSPS) is 10.7. The topological polar surface area (TPSA) is 0 Å². The molecule has 58 valence electrons. The predicted octanol–water partition coefficient (Wildman–Crippen LogP) is 3.59. The summed E-state index contributed by atoms with van der Waals surface area (Å²) in [5, 5.41) is 0.758. The van der Waals surface area contributed by atoms with E-state index in [1.54, 1.807) is 0 Å². The van der Waals surface area contributed by atoms with Gasteiger partial charge in [-0.1, -0.05) is 42.0 Å². The van der Waals surface area contributed by atoms with Crippen LogP contribution >= 0.6 is 23.2 Å². The summed E-state index contributed by atoms with van der Waals surface area (Å²) in [6, 6.07) is 7.65. The summed E-state index contributed by atoms with van der Waals surface area (Å²) in [6.07, 6.45) is 3.78. The number of alkyl halides is 1. The maximum Gasteiger partial charge on any atom is 0.0478 e. The van der Waals surface area contributed by atoms with Crippen molar-refractivity contribution in [2.24, 2.45) is 0 Å². The molecule has 0 aliphatic carbocycles. The van der Waals surface area contributed by atoms with Crippen LogP contribution in [0.4, 0.5) is 0 Å². The van der Waals surface area contributed by atoms with Gasteiger partial charge < -0.3 is 0 Å². The number of hydrogen-bond acceptors (Lipinski definition) is 0. The van der Waals surface area contributed by atoms with Gasteiger partial charge in [0.15, 0.2) is 0 Å². The average Bonchev–Trinajstić information content (AvgIpc) is 2.03. The Balaban J connectivity index is 2.86. The molecular formula is C9H8Cl2. The van der Waals surface area contributed by atoms with E-state index < -0.39 is 0 Å². The van der Waals surface area contributed by atoms with Crippen LogP contribution in [0.25, 0.3) is 6.08 Å². The molecule has 0 saturated heterocycles. The van der Waals surface area contributed by atoms with E-state index in [1.165, 1.54) is 0 Å². The summed E-state index contributed by atoms with van der Waals surface area (Å²) in [5.41, 5.74) is 1.01. The summed E-state index contributed by atoms with van der Waals surface area (Å²) in [5.74, 6) is 0.519. The van der Waals surface area contributed by atoms with Crippen LogP contribution in [0.3, 0.4) is 0 Å². The van der Waals surface area contributed by atoms with E-state index in [-0.39, 0.29) is 0 Å². The van der Waals surface area contributed by atoms with E-state index in [0.717, 1.165) is 10.6 Å². The van der Waals surface area contributed by atoms with Gasteiger partial charge in [0.25, 0.3) is 0 Å². The molecule has 0 unspecified atom stereocenters. The number of hydrogen-bond donors (Lipinski definition) is 0. The molecule has 0 amide bonds. The summed E-state index contributed by atoms with van der Waals surface area (Å²) >= 11 is 11.3. The van der Waals surface area contributed by atoms with Crippen molar-refractivity contribution in [3.8, 4) is 0 Å². The molecule has 0 N–H and O–H groups in total. The first kappa shape index (κ1) is 8.63. The molecule has 0 atom stereocenters. The number of rotatable bonds is 2. The van der Waals surface area contributed by atoms with Gasteiger partial charge in [-0.15, -0.1) is 11.6 Å². The average molecular weight is 187 g/mol. The van der Waals surface area contributed by atoms with Crippen molar-refractivity contribution in [3.05, 3.63) is 40.9 Å². The summed E-state index contributed by atoms with van der Waals surface area (Å²) in [4.78, 5) is 0. The van der Waals surface area contributed by atoms with Crippen molar-refractivity contribution in [1.82, 2.24) is 0 Å². The van der Waals surface area contributed by atoms with Crippen molar-refractivity contribution < 1.29 is 0 Å². The van der Waals surface area contributed by atoms with Gasteiger partial charge in [-0.05, 0) is 11.6 Å². The number of allylic oxidation sites excluding steroid dienone is 1. The molecule has 0 aromatic heterocycles. The second-order valence-corrected chi connectivity index (χ2v) is 2.79. The van der Waals surface area contributed by atoms with Crippen molar-refractivity contribution in [2.75, 3.05) is 5.88 Å². The molecule has 0 saturated carbocycles. The lowest BCUT2D eigenvalue weighted by atomic mass is 10.2. The minimum absolute atomic E-state index is 0.519. The molecule has 0 nitrogen and oxygen atoms in total. The SMILES string of the molecule is ClCC=Cc1ccccc1Cl. The zero-order valence-electron chi connectivity index (χ0n) is 5.93. The standard InChI is InChI=1S/C9H8Cl2/c10-7-3-5-8-4-1-2-6-9(8)11/h1-6H,7H2. The summed E-state index contributed by atoms with van der Waals surface area (Å²) < 4.78 is 0. The molecule has 0 bridgehead atoms. The van der Waals surface area contributed by atoms with Gasteiger partial charge in [0.05, 0.1) is 0 Å². The third-order valence-electron chi connectivity index (χ3n) is 1.29. The van der Waals surface area contributed by atoms with Crippen molar-refractivity contribution in [2.45, 2.75) is 0 Å². The lowest BCUT2D eigenvalue weighted by molar-refractivity contribution is 1.64. The van der Waals surface area contributed by atoms with Crippen LogP contribution in [0.1, 0.15) is 5.56 Å². The summed E-state index contributed by atoms with van der Waals surface area (Å²) in [6.45, 7) is 0. The van der Waals surface area contributed by atoms with E-state index in [2.05, 4.69) is 0 Å². The Morgan fingerprint density at radius 2 is 2.00 bits per heavy atom. The summed E-state index contributed by atoms with van der Waals surface area (Å²) in [7, 11) is 0. The first-order chi connectivity index (χ1) is 5.34. The Hall–Kier alpha value is -0.460. The Morgan fingerprint density at radius 1 is 1.27 bits per heavy atom. The maximum atomic E-state index is 5.87. The van der Waals surface area contributed by atoms with Gasteiger partial charge in [-0.25, -0.2) is 0 Å². The van der Waals surface area contributed by atoms with Crippen LogP contribution in [0.5, 0.6) is 0 Å². The number of halogens is 2. The van der Waals surface area contributed by atoms with E-state index in [0.29, 0.717) is 5.88 Å². The van der Waals surface area contributed by atoms with Crippen LogP contribution in [0.15, 0.2) is 30.3 Å². The highest BCUT2D eigenvalue weighted by Gasteiger charge is 1.91. The quantitative estimate of drug-likeness (QED) is 0.620. The van der Waals surface area contributed by atoms with Crippen LogP contribution in [0.2, 0.25) is 5.02 Å². The lowest BCUT2D eigenvalue weighted by Gasteiger charge is -1.94. The second-order valence-electron chi connectivity index (χ2n) is 2.08. The molecule has 1 aromatic carbocycles. The highest BCUT2D eigenvalue weighted by Crippen LogP contribution is 2.15. The van der Waals surface area contributed by atoms with Gasteiger partial charge in [-0.3, -0.25) is 0 Å². The fourth-order valence-electron chi connectivity index (χ4n) is 0.782. The Labute approximate surface area is 76.4 Å². The highest BCUT2D eigenvalue weighted by atomic mass is 35.5. The molecule has 0 aliphatic heterocycles. The highest BCUT2D eigenvalue weighted by molar-refractivity contribution is 6.32. The van der Waals surface area contributed by atoms with Crippen LogP contribution < -0.4 is 0 Å². The zero-order valence-corrected chi connectivity index (χ0v) is 7.44. The van der Waals surface area contributed by atoms with Crippen molar-refractivity contribution >= 4 is 29.3 Å². The molecule has 2 heteroatoms. The smallest absolute Gasteiger partial charge is 0.0478 e. The predicted molar refractivity (Wildman–Crippen MR) is 51.2 cm³/mol. The molecule has 11 heavy (non-hydrogen) atoms. The first-order valence-corrected chi connectivity index (χ1v) is 4.23. The molecular weight excluding hydrogens is 179 g/mol. The van der Waals surface area contributed by atoms with Gasteiger partial charge >= 0.3 is 0 Å². The van der Waals surface area contributed by atoms with Gasteiger partial charge in [0.1, 0.15) is 0 Å². The van der Waals surface area contributed by atoms with E-state index >= 15 is 0 Å². The Kier molecular flexibility index (Phi) is 3.47. The maximum absolute atomic E-state index is 5.87. The molecule has 0 aliphatic rings. The van der Waals surface area contributed by atoms with E-state index in [9.17, 15) is 0 Å². The fraction of sp³-hybridized carbons (Fsp3) is 0.111. The van der Waals surface area contributed by atoms with Crippen molar-refractivity contribution in [1.29, 1.82) is 0 Å². The van der Waals surface area contributed by atoms with Crippen molar-refractivity contribution in [3.63, 3.8) is 0 Å². The Bertz CT molecular complexity index is 253. The van der Waals surface area contributed by atoms with Crippen LogP contribution in [0, 0.1) is 0 Å². The molecule has 1 aromatic rings. The van der Waals surface area contributed by atoms with E-state index in [1.807, 2.05) is 36.4 Å². The lowest BCUT2D eigenvalue weighted by Crippen LogP contribution is -1.72.